The van der Waals surface area contributed by atoms with Gasteiger partial charge in [-0.25, -0.2) is 9.78 Å². The van der Waals surface area contributed by atoms with Gasteiger partial charge in [0, 0.05) is 36.0 Å². The first-order valence-corrected chi connectivity index (χ1v) is 13.2. The quantitative estimate of drug-likeness (QED) is 0.251. The fraction of sp³-hybridized carbons (Fsp3) is 0.286. The number of hydrogen-bond acceptors (Lipinski definition) is 8. The summed E-state index contributed by atoms with van der Waals surface area (Å²) in [4.78, 5) is 38.7. The van der Waals surface area contributed by atoms with E-state index in [9.17, 15) is 24.6 Å². The summed E-state index contributed by atoms with van der Waals surface area (Å²) >= 11 is 1.29. The number of ether oxygens (including phenoxy) is 2. The van der Waals surface area contributed by atoms with E-state index < -0.39 is 24.1 Å². The van der Waals surface area contributed by atoms with Crippen LogP contribution in [0.25, 0.3) is 0 Å². The first-order chi connectivity index (χ1) is 18.8. The van der Waals surface area contributed by atoms with Crippen LogP contribution in [0.3, 0.4) is 0 Å². The van der Waals surface area contributed by atoms with Gasteiger partial charge in [-0.3, -0.25) is 9.59 Å². The number of nitrogens with zero attached hydrogens (tertiary/aromatic N) is 1. The fourth-order valence-electron chi connectivity index (χ4n) is 4.07. The first-order valence-electron chi connectivity index (χ1n) is 12.3. The number of aromatic carboxylic acids is 1. The van der Waals surface area contributed by atoms with E-state index in [1.165, 1.54) is 17.8 Å². The third kappa shape index (κ3) is 7.87. The monoisotopic (exact) mass is 552 g/mol. The van der Waals surface area contributed by atoms with E-state index in [1.54, 1.807) is 36.5 Å². The highest BCUT2D eigenvalue weighted by Gasteiger charge is 2.32. The SMILES string of the molecule is O=C(O)CCC(=O)Nc1cccc(C2OC(CSc3ncccc3C(=O)O)CC(c3ccc(CO)cc3)O2)c1. The van der Waals surface area contributed by atoms with Gasteiger partial charge in [-0.15, -0.1) is 11.8 Å². The van der Waals surface area contributed by atoms with Crippen molar-refractivity contribution in [3.8, 4) is 0 Å². The standard InChI is InChI=1S/C28H28N2O8S/c31-15-17-6-8-18(9-7-17)23-14-21(16-39-26-22(27(35)36)5-2-12-29-26)37-28(38-23)19-3-1-4-20(13-19)30-24(32)10-11-25(33)34/h1-9,12-13,21,23,28,31H,10-11,14-16H2,(H,30,32)(H,33,34)(H,35,36). The largest absolute Gasteiger partial charge is 0.481 e. The van der Waals surface area contributed by atoms with Crippen LogP contribution in [-0.2, 0) is 25.7 Å². The van der Waals surface area contributed by atoms with Crippen molar-refractivity contribution in [3.63, 3.8) is 0 Å². The highest BCUT2D eigenvalue weighted by atomic mass is 32.2. The molecule has 3 aromatic rings. The highest BCUT2D eigenvalue weighted by molar-refractivity contribution is 7.99. The van der Waals surface area contributed by atoms with Crippen LogP contribution >= 0.6 is 11.8 Å². The second-order valence-electron chi connectivity index (χ2n) is 8.89. The third-order valence-electron chi connectivity index (χ3n) is 6.03. The zero-order valence-corrected chi connectivity index (χ0v) is 21.7. The Bertz CT molecular complexity index is 1320. The van der Waals surface area contributed by atoms with Crippen molar-refractivity contribution >= 4 is 35.3 Å². The molecule has 1 amide bonds. The summed E-state index contributed by atoms with van der Waals surface area (Å²) in [6.07, 6.45) is 0.175. The Balaban J connectivity index is 1.53. The molecule has 3 unspecified atom stereocenters. The van der Waals surface area contributed by atoms with Gasteiger partial charge in [0.2, 0.25) is 5.91 Å². The molecule has 204 valence electrons. The topological polar surface area (TPSA) is 155 Å². The summed E-state index contributed by atoms with van der Waals surface area (Å²) in [5, 5.41) is 30.8. The van der Waals surface area contributed by atoms with Crippen molar-refractivity contribution in [1.29, 1.82) is 0 Å². The molecule has 0 aliphatic carbocycles. The molecular weight excluding hydrogens is 524 g/mol. The lowest BCUT2D eigenvalue weighted by Crippen LogP contribution is -2.31. The van der Waals surface area contributed by atoms with Crippen LogP contribution in [0, 0.1) is 0 Å². The average Bonchev–Trinajstić information content (AvgIpc) is 2.95. The number of aromatic nitrogens is 1. The summed E-state index contributed by atoms with van der Waals surface area (Å²) < 4.78 is 12.6. The number of amides is 1. The number of aliphatic hydroxyl groups is 1. The number of rotatable bonds is 11. The molecule has 11 heteroatoms. The van der Waals surface area contributed by atoms with Gasteiger partial charge in [0.1, 0.15) is 5.03 Å². The molecule has 39 heavy (non-hydrogen) atoms. The molecule has 0 saturated carbocycles. The number of nitrogens with one attached hydrogen (secondary N) is 1. The Morgan fingerprint density at radius 2 is 1.77 bits per heavy atom. The molecule has 4 rings (SSSR count). The second kappa shape index (κ2) is 13.3. The molecular formula is C28H28N2O8S. The summed E-state index contributed by atoms with van der Waals surface area (Å²) in [6, 6.07) is 17.5. The molecule has 0 spiro atoms. The van der Waals surface area contributed by atoms with Crippen molar-refractivity contribution in [2.45, 2.75) is 49.4 Å². The average molecular weight is 553 g/mol. The second-order valence-corrected chi connectivity index (χ2v) is 9.90. The number of benzene rings is 2. The number of carboxylic acid groups (broad SMARTS) is 2. The van der Waals surface area contributed by atoms with Gasteiger partial charge in [0.15, 0.2) is 6.29 Å². The van der Waals surface area contributed by atoms with Gasteiger partial charge in [0.05, 0.1) is 30.8 Å². The molecule has 1 aliphatic heterocycles. The number of pyridine rings is 1. The van der Waals surface area contributed by atoms with Crippen LogP contribution in [-0.4, -0.2) is 50.0 Å². The Morgan fingerprint density at radius 1 is 0.974 bits per heavy atom. The molecule has 3 atom stereocenters. The van der Waals surface area contributed by atoms with Crippen molar-refractivity contribution in [2.75, 3.05) is 11.1 Å². The maximum absolute atomic E-state index is 12.1. The molecule has 2 aromatic carbocycles. The summed E-state index contributed by atoms with van der Waals surface area (Å²) in [7, 11) is 0. The minimum atomic E-state index is -1.06. The van der Waals surface area contributed by atoms with Crippen LogP contribution in [0.2, 0.25) is 0 Å². The summed E-state index contributed by atoms with van der Waals surface area (Å²) in [5.74, 6) is -2.10. The van der Waals surface area contributed by atoms with Gasteiger partial charge in [-0.2, -0.15) is 0 Å². The van der Waals surface area contributed by atoms with E-state index in [4.69, 9.17) is 14.6 Å². The van der Waals surface area contributed by atoms with E-state index in [1.807, 2.05) is 24.3 Å². The number of carbonyl (C=O) groups excluding carboxylic acids is 1. The van der Waals surface area contributed by atoms with E-state index in [2.05, 4.69) is 10.3 Å². The van der Waals surface area contributed by atoms with Crippen LogP contribution in [0.5, 0.6) is 0 Å². The molecule has 10 nitrogen and oxygen atoms in total. The van der Waals surface area contributed by atoms with Gasteiger partial charge < -0.3 is 30.1 Å². The van der Waals surface area contributed by atoms with Crippen molar-refractivity contribution in [2.24, 2.45) is 0 Å². The lowest BCUT2D eigenvalue weighted by Gasteiger charge is -2.36. The van der Waals surface area contributed by atoms with Crippen LogP contribution in [0.15, 0.2) is 71.9 Å². The van der Waals surface area contributed by atoms with E-state index in [0.717, 1.165) is 11.1 Å². The van der Waals surface area contributed by atoms with Crippen LogP contribution in [0.4, 0.5) is 5.69 Å². The number of thioether (sulfide) groups is 1. The Kier molecular flexibility index (Phi) is 9.66. The number of carbonyl (C=O) groups is 3. The number of aliphatic hydroxyl groups excluding tert-OH is 1. The predicted octanol–water partition coefficient (Wildman–Crippen LogP) is 4.41. The van der Waals surface area contributed by atoms with E-state index in [0.29, 0.717) is 28.5 Å². The molecule has 4 N–H and O–H groups in total. The zero-order chi connectivity index (χ0) is 27.8. The molecule has 0 radical (unpaired) electrons. The maximum Gasteiger partial charge on any atom is 0.338 e. The lowest BCUT2D eigenvalue weighted by molar-refractivity contribution is -0.245. The zero-order valence-electron chi connectivity index (χ0n) is 20.9. The van der Waals surface area contributed by atoms with Crippen LogP contribution < -0.4 is 5.32 Å². The smallest absolute Gasteiger partial charge is 0.338 e. The minimum Gasteiger partial charge on any atom is -0.481 e. The van der Waals surface area contributed by atoms with Crippen molar-refractivity contribution in [3.05, 3.63) is 89.1 Å². The Morgan fingerprint density at radius 3 is 2.49 bits per heavy atom. The Hall–Kier alpha value is -3.77. The first kappa shape index (κ1) is 28.2. The summed E-state index contributed by atoms with van der Waals surface area (Å²) in [5.41, 5.74) is 2.93. The lowest BCUT2D eigenvalue weighted by atomic mass is 10.0. The normalized spacial score (nSPS) is 18.8. The van der Waals surface area contributed by atoms with Gasteiger partial charge in [-0.05, 0) is 35.4 Å². The van der Waals surface area contributed by atoms with Gasteiger partial charge in [-0.1, -0.05) is 36.4 Å². The van der Waals surface area contributed by atoms with Crippen molar-refractivity contribution < 1.29 is 39.2 Å². The summed E-state index contributed by atoms with van der Waals surface area (Å²) in [6.45, 7) is -0.0717. The number of hydrogen-bond donors (Lipinski definition) is 4. The van der Waals surface area contributed by atoms with E-state index >= 15 is 0 Å². The van der Waals surface area contributed by atoms with E-state index in [-0.39, 0.29) is 37.2 Å². The predicted molar refractivity (Wildman–Crippen MR) is 142 cm³/mol. The highest BCUT2D eigenvalue weighted by Crippen LogP contribution is 2.40. The van der Waals surface area contributed by atoms with Gasteiger partial charge >= 0.3 is 11.9 Å². The number of aliphatic carboxylic acids is 1. The number of anilines is 1. The van der Waals surface area contributed by atoms with Crippen molar-refractivity contribution in [1.82, 2.24) is 4.98 Å². The Labute approximate surface area is 229 Å². The molecule has 1 fully saturated rings. The fourth-order valence-corrected chi connectivity index (χ4v) is 5.07. The molecule has 0 bridgehead atoms. The number of carboxylic acids is 2. The molecule has 1 saturated heterocycles. The minimum absolute atomic E-state index is 0.0717. The third-order valence-corrected chi connectivity index (χ3v) is 7.17. The maximum atomic E-state index is 12.1. The molecule has 1 aromatic heterocycles. The molecule has 2 heterocycles. The van der Waals surface area contributed by atoms with Gasteiger partial charge in [0.25, 0.3) is 0 Å². The van der Waals surface area contributed by atoms with Crippen LogP contribution in [0.1, 0.15) is 58.7 Å². The molecule has 1 aliphatic rings.